The van der Waals surface area contributed by atoms with E-state index in [2.05, 4.69) is 38.8 Å². The first kappa shape index (κ1) is 18.5. The molecule has 8 heteroatoms. The lowest BCUT2D eigenvalue weighted by atomic mass is 10.0. The monoisotopic (exact) mass is 382 g/mol. The Balaban J connectivity index is 1.56. The van der Waals surface area contributed by atoms with Crippen molar-refractivity contribution in [1.29, 1.82) is 0 Å². The largest absolute Gasteiger partial charge is 0.368 e. The van der Waals surface area contributed by atoms with E-state index in [1.54, 1.807) is 0 Å². The van der Waals surface area contributed by atoms with Crippen LogP contribution in [0.25, 0.3) is 0 Å². The van der Waals surface area contributed by atoms with E-state index in [9.17, 15) is 10.1 Å². The lowest BCUT2D eigenvalue weighted by Gasteiger charge is -2.37. The second-order valence-corrected chi connectivity index (χ2v) is 7.63. The Labute approximate surface area is 164 Å². The van der Waals surface area contributed by atoms with Gasteiger partial charge < -0.3 is 14.7 Å². The molecule has 2 aromatic rings. The van der Waals surface area contributed by atoms with Crippen LogP contribution in [0.2, 0.25) is 0 Å². The van der Waals surface area contributed by atoms with Gasteiger partial charge in [-0.15, -0.1) is 0 Å². The van der Waals surface area contributed by atoms with Crippen LogP contribution in [0.1, 0.15) is 19.8 Å². The Hall–Kier alpha value is -2.90. The molecule has 3 heterocycles. The van der Waals surface area contributed by atoms with Gasteiger partial charge in [0, 0.05) is 45.0 Å². The normalized spacial score (nSPS) is 20.3. The Kier molecular flexibility index (Phi) is 5.27. The number of benzene rings is 1. The third kappa shape index (κ3) is 3.72. The van der Waals surface area contributed by atoms with Crippen molar-refractivity contribution in [3.63, 3.8) is 0 Å². The summed E-state index contributed by atoms with van der Waals surface area (Å²) in [4.78, 5) is 26.7. The van der Waals surface area contributed by atoms with Crippen LogP contribution in [0.4, 0.5) is 23.0 Å². The number of hydrogen-bond acceptors (Lipinski definition) is 7. The molecule has 1 atom stereocenters. The number of piperazine rings is 1. The molecule has 148 valence electrons. The average Bonchev–Trinajstić information content (AvgIpc) is 2.74. The van der Waals surface area contributed by atoms with Crippen molar-refractivity contribution < 1.29 is 4.92 Å². The Morgan fingerprint density at radius 1 is 0.964 bits per heavy atom. The highest BCUT2D eigenvalue weighted by Gasteiger charge is 2.32. The first-order chi connectivity index (χ1) is 13.6. The summed E-state index contributed by atoms with van der Waals surface area (Å²) in [6.45, 7) is 6.80. The molecule has 0 saturated carbocycles. The molecule has 28 heavy (non-hydrogen) atoms. The van der Waals surface area contributed by atoms with Crippen molar-refractivity contribution in [1.82, 2.24) is 9.97 Å². The second kappa shape index (κ2) is 8.00. The highest BCUT2D eigenvalue weighted by Crippen LogP contribution is 2.36. The van der Waals surface area contributed by atoms with Gasteiger partial charge in [-0.25, -0.2) is 9.97 Å². The number of anilines is 3. The summed E-state index contributed by atoms with van der Waals surface area (Å²) < 4.78 is 0. The van der Waals surface area contributed by atoms with Gasteiger partial charge >= 0.3 is 5.69 Å². The van der Waals surface area contributed by atoms with E-state index in [1.807, 2.05) is 23.1 Å². The van der Waals surface area contributed by atoms with E-state index in [1.165, 1.54) is 12.0 Å². The summed E-state index contributed by atoms with van der Waals surface area (Å²) in [5.74, 6) is 1.43. The second-order valence-electron chi connectivity index (χ2n) is 7.63. The van der Waals surface area contributed by atoms with E-state index in [4.69, 9.17) is 0 Å². The maximum atomic E-state index is 12.0. The standard InChI is InChI=1S/C20H26N6O2/c1-16-6-5-9-25(14-16)20-18(26(27)28)19(21-15-22-20)24-12-10-23(11-13-24)17-7-3-2-4-8-17/h2-4,7-8,15-16H,5-6,9-14H2,1H3. The van der Waals surface area contributed by atoms with Gasteiger partial charge in [-0.05, 0) is 30.9 Å². The molecule has 8 nitrogen and oxygen atoms in total. The predicted molar refractivity (Wildman–Crippen MR) is 110 cm³/mol. The molecule has 2 saturated heterocycles. The summed E-state index contributed by atoms with van der Waals surface area (Å²) in [6.07, 6.45) is 3.66. The fourth-order valence-electron chi connectivity index (χ4n) is 4.18. The van der Waals surface area contributed by atoms with Crippen molar-refractivity contribution in [3.05, 3.63) is 46.8 Å². The zero-order chi connectivity index (χ0) is 19.5. The number of para-hydroxylation sites is 1. The summed E-state index contributed by atoms with van der Waals surface area (Å²) in [6, 6.07) is 10.3. The van der Waals surface area contributed by atoms with E-state index in [0.717, 1.165) is 39.0 Å². The van der Waals surface area contributed by atoms with Gasteiger partial charge in [0.15, 0.2) is 0 Å². The molecule has 1 aromatic carbocycles. The van der Waals surface area contributed by atoms with Gasteiger partial charge in [0.25, 0.3) is 0 Å². The highest BCUT2D eigenvalue weighted by molar-refractivity contribution is 5.71. The van der Waals surface area contributed by atoms with Crippen molar-refractivity contribution in [2.45, 2.75) is 19.8 Å². The zero-order valence-electron chi connectivity index (χ0n) is 16.2. The molecular weight excluding hydrogens is 356 g/mol. The smallest absolute Gasteiger partial charge is 0.353 e. The Morgan fingerprint density at radius 2 is 1.61 bits per heavy atom. The summed E-state index contributed by atoms with van der Waals surface area (Å²) in [5, 5.41) is 12.0. The molecular formula is C20H26N6O2. The molecule has 0 aliphatic carbocycles. The predicted octanol–water partition coefficient (Wildman–Crippen LogP) is 2.95. The van der Waals surface area contributed by atoms with Crippen molar-refractivity contribution in [2.75, 3.05) is 54.0 Å². The molecule has 2 aliphatic rings. The van der Waals surface area contributed by atoms with E-state index in [-0.39, 0.29) is 10.6 Å². The highest BCUT2D eigenvalue weighted by atomic mass is 16.6. The maximum absolute atomic E-state index is 12.0. The molecule has 0 spiro atoms. The summed E-state index contributed by atoms with van der Waals surface area (Å²) in [5.41, 5.74) is 1.23. The molecule has 1 aromatic heterocycles. The van der Waals surface area contributed by atoms with E-state index in [0.29, 0.717) is 30.6 Å². The van der Waals surface area contributed by atoms with Gasteiger partial charge in [-0.1, -0.05) is 25.1 Å². The van der Waals surface area contributed by atoms with Crippen LogP contribution in [-0.4, -0.2) is 54.2 Å². The van der Waals surface area contributed by atoms with Crippen LogP contribution in [0.5, 0.6) is 0 Å². The topological polar surface area (TPSA) is 78.6 Å². The van der Waals surface area contributed by atoms with Crippen LogP contribution in [-0.2, 0) is 0 Å². The maximum Gasteiger partial charge on any atom is 0.353 e. The van der Waals surface area contributed by atoms with Gasteiger partial charge in [-0.2, -0.15) is 0 Å². The average molecular weight is 382 g/mol. The number of nitro groups is 1. The molecule has 0 amide bonds. The number of rotatable bonds is 4. The van der Waals surface area contributed by atoms with Gasteiger partial charge in [-0.3, -0.25) is 10.1 Å². The Bertz CT molecular complexity index is 823. The van der Waals surface area contributed by atoms with Gasteiger partial charge in [0.2, 0.25) is 11.6 Å². The fourth-order valence-corrected chi connectivity index (χ4v) is 4.18. The van der Waals surface area contributed by atoms with Crippen LogP contribution in [0.3, 0.4) is 0 Å². The molecule has 1 unspecified atom stereocenters. The molecule has 2 aliphatic heterocycles. The first-order valence-electron chi connectivity index (χ1n) is 9.93. The quantitative estimate of drug-likeness (QED) is 0.594. The van der Waals surface area contributed by atoms with Crippen LogP contribution in [0.15, 0.2) is 36.7 Å². The van der Waals surface area contributed by atoms with Crippen LogP contribution in [0, 0.1) is 16.0 Å². The number of piperidine rings is 1. The third-order valence-electron chi connectivity index (χ3n) is 5.62. The van der Waals surface area contributed by atoms with Gasteiger partial charge in [0.1, 0.15) is 6.33 Å². The first-order valence-corrected chi connectivity index (χ1v) is 9.93. The Morgan fingerprint density at radius 3 is 2.25 bits per heavy atom. The van der Waals surface area contributed by atoms with Crippen molar-refractivity contribution in [2.24, 2.45) is 5.92 Å². The number of hydrogen-bond donors (Lipinski definition) is 0. The van der Waals surface area contributed by atoms with Crippen LogP contribution < -0.4 is 14.7 Å². The lowest BCUT2D eigenvalue weighted by molar-refractivity contribution is -0.383. The SMILES string of the molecule is CC1CCCN(c2ncnc(N3CCN(c4ccccc4)CC3)c2[N+](=O)[O-])C1. The van der Waals surface area contributed by atoms with Crippen LogP contribution >= 0.6 is 0 Å². The zero-order valence-corrected chi connectivity index (χ0v) is 16.2. The minimum Gasteiger partial charge on any atom is -0.368 e. The lowest BCUT2D eigenvalue weighted by Crippen LogP contribution is -2.47. The molecule has 0 bridgehead atoms. The van der Waals surface area contributed by atoms with Crippen molar-refractivity contribution >= 4 is 23.0 Å². The minimum atomic E-state index is -0.312. The molecule has 2 fully saturated rings. The van der Waals surface area contributed by atoms with E-state index < -0.39 is 0 Å². The minimum absolute atomic E-state index is 0.0461. The number of nitrogens with zero attached hydrogens (tertiary/aromatic N) is 6. The van der Waals surface area contributed by atoms with Gasteiger partial charge in [0.05, 0.1) is 4.92 Å². The van der Waals surface area contributed by atoms with E-state index >= 15 is 0 Å². The summed E-state index contributed by atoms with van der Waals surface area (Å²) >= 11 is 0. The third-order valence-corrected chi connectivity index (χ3v) is 5.62. The van der Waals surface area contributed by atoms with Crippen molar-refractivity contribution in [3.8, 4) is 0 Å². The molecule has 0 radical (unpaired) electrons. The molecule has 4 rings (SSSR count). The molecule has 0 N–H and O–H groups in total. The summed E-state index contributed by atoms with van der Waals surface area (Å²) in [7, 11) is 0. The number of aromatic nitrogens is 2. The fraction of sp³-hybridized carbons (Fsp3) is 0.500.